The Bertz CT molecular complexity index is 1090. The van der Waals surface area contributed by atoms with E-state index >= 15 is 0 Å². The molecule has 0 saturated carbocycles. The molecule has 0 spiro atoms. The van der Waals surface area contributed by atoms with Crippen molar-refractivity contribution in [2.24, 2.45) is 5.73 Å². The molecule has 4 amide bonds. The molecular weight excluding hydrogens is 449 g/mol. The summed E-state index contributed by atoms with van der Waals surface area (Å²) in [4.78, 5) is 48.6. The molecule has 11 heteroatoms. The van der Waals surface area contributed by atoms with Crippen LogP contribution in [-0.2, 0) is 14.4 Å². The Kier molecular flexibility index (Phi) is 6.93. The predicted octanol–water partition coefficient (Wildman–Crippen LogP) is 3.02. The molecule has 1 saturated heterocycles. The van der Waals surface area contributed by atoms with Crippen LogP contribution in [-0.4, -0.2) is 41.0 Å². The lowest BCUT2D eigenvalue weighted by molar-refractivity contribution is -0.127. The van der Waals surface area contributed by atoms with Crippen LogP contribution in [0.15, 0.2) is 47.4 Å². The first-order valence-electron chi connectivity index (χ1n) is 8.74. The van der Waals surface area contributed by atoms with Gasteiger partial charge in [-0.05, 0) is 53.7 Å². The quantitative estimate of drug-likeness (QED) is 0.609. The molecule has 0 atom stereocenters. The van der Waals surface area contributed by atoms with Gasteiger partial charge in [0.05, 0.1) is 9.93 Å². The van der Waals surface area contributed by atoms with Crippen LogP contribution in [0.1, 0.15) is 5.56 Å². The van der Waals surface area contributed by atoms with Crippen molar-refractivity contribution in [3.05, 3.63) is 63.8 Å². The van der Waals surface area contributed by atoms with E-state index in [9.17, 15) is 23.6 Å². The van der Waals surface area contributed by atoms with Crippen molar-refractivity contribution in [1.29, 1.82) is 0 Å². The Labute approximate surface area is 185 Å². The second-order valence-electron chi connectivity index (χ2n) is 6.27. The second kappa shape index (κ2) is 9.63. The first-order valence-corrected chi connectivity index (χ1v) is 9.94. The topological polar surface area (TPSA) is 119 Å². The van der Waals surface area contributed by atoms with E-state index in [1.54, 1.807) is 24.3 Å². The number of anilines is 1. The van der Waals surface area contributed by atoms with Crippen molar-refractivity contribution in [2.45, 2.75) is 0 Å². The summed E-state index contributed by atoms with van der Waals surface area (Å²) in [6.45, 7) is -0.763. The van der Waals surface area contributed by atoms with Crippen molar-refractivity contribution in [3.8, 4) is 5.75 Å². The van der Waals surface area contributed by atoms with Gasteiger partial charge in [-0.3, -0.25) is 24.1 Å². The van der Waals surface area contributed by atoms with Gasteiger partial charge in [-0.2, -0.15) is 0 Å². The minimum Gasteiger partial charge on any atom is -0.484 e. The van der Waals surface area contributed by atoms with E-state index in [4.69, 9.17) is 22.1 Å². The highest BCUT2D eigenvalue weighted by molar-refractivity contribution is 8.18. The van der Waals surface area contributed by atoms with Gasteiger partial charge >= 0.3 is 0 Å². The molecule has 2 aromatic rings. The molecule has 3 N–H and O–H groups in total. The Morgan fingerprint density at radius 1 is 1.19 bits per heavy atom. The van der Waals surface area contributed by atoms with Gasteiger partial charge in [-0.25, -0.2) is 4.39 Å². The average molecular weight is 464 g/mol. The molecule has 2 aromatic carbocycles. The van der Waals surface area contributed by atoms with Gasteiger partial charge in [-0.15, -0.1) is 0 Å². The van der Waals surface area contributed by atoms with E-state index in [2.05, 4.69) is 5.32 Å². The number of benzene rings is 2. The van der Waals surface area contributed by atoms with E-state index in [0.29, 0.717) is 23.1 Å². The van der Waals surface area contributed by atoms with E-state index in [-0.39, 0.29) is 22.2 Å². The van der Waals surface area contributed by atoms with Gasteiger partial charge in [0, 0.05) is 5.69 Å². The number of imide groups is 1. The number of rotatable bonds is 7. The maximum absolute atomic E-state index is 13.2. The van der Waals surface area contributed by atoms with Gasteiger partial charge in [-0.1, -0.05) is 23.7 Å². The molecule has 1 aliphatic rings. The Balaban J connectivity index is 1.63. The Morgan fingerprint density at radius 3 is 2.55 bits per heavy atom. The zero-order valence-electron chi connectivity index (χ0n) is 15.8. The number of primary amides is 1. The number of hydrogen-bond donors (Lipinski definition) is 2. The third-order valence-electron chi connectivity index (χ3n) is 3.94. The summed E-state index contributed by atoms with van der Waals surface area (Å²) in [6.07, 6.45) is 1.50. The number of hydrogen-bond acceptors (Lipinski definition) is 6. The Morgan fingerprint density at radius 2 is 1.90 bits per heavy atom. The van der Waals surface area contributed by atoms with Gasteiger partial charge in [0.1, 0.15) is 18.1 Å². The number of carbonyl (C=O) groups is 4. The number of thioether (sulfide) groups is 1. The fourth-order valence-corrected chi connectivity index (χ4v) is 3.54. The number of nitrogens with zero attached hydrogens (tertiary/aromatic N) is 1. The van der Waals surface area contributed by atoms with E-state index in [1.807, 2.05) is 0 Å². The van der Waals surface area contributed by atoms with Gasteiger partial charge in [0.15, 0.2) is 6.61 Å². The summed E-state index contributed by atoms with van der Waals surface area (Å²) in [5.41, 5.74) is 5.86. The normalized spacial score (nSPS) is 14.8. The highest BCUT2D eigenvalue weighted by Crippen LogP contribution is 2.32. The molecule has 8 nitrogen and oxygen atoms in total. The molecule has 0 radical (unpaired) electrons. The summed E-state index contributed by atoms with van der Waals surface area (Å²) in [6, 6.07) is 10.1. The molecule has 0 unspecified atom stereocenters. The summed E-state index contributed by atoms with van der Waals surface area (Å²) >= 11 is 6.37. The smallest absolute Gasteiger partial charge is 0.294 e. The third kappa shape index (κ3) is 5.83. The van der Waals surface area contributed by atoms with Crippen LogP contribution in [0.4, 0.5) is 14.9 Å². The number of amides is 4. The lowest BCUT2D eigenvalue weighted by Gasteiger charge is -2.12. The highest BCUT2D eigenvalue weighted by atomic mass is 35.5. The lowest BCUT2D eigenvalue weighted by Crippen LogP contribution is -2.36. The fraction of sp³-hybridized carbons (Fsp3) is 0.100. The maximum Gasteiger partial charge on any atom is 0.294 e. The van der Waals surface area contributed by atoms with Crippen molar-refractivity contribution >= 4 is 58.1 Å². The minimum atomic E-state index is -0.637. The molecule has 1 heterocycles. The Hall–Kier alpha value is -3.37. The monoisotopic (exact) mass is 463 g/mol. The average Bonchev–Trinajstić information content (AvgIpc) is 2.97. The largest absolute Gasteiger partial charge is 0.484 e. The maximum atomic E-state index is 13.2. The zero-order valence-corrected chi connectivity index (χ0v) is 17.3. The number of ether oxygens (including phenoxy) is 1. The van der Waals surface area contributed by atoms with Crippen LogP contribution in [0.5, 0.6) is 5.75 Å². The van der Waals surface area contributed by atoms with Crippen molar-refractivity contribution in [1.82, 2.24) is 4.90 Å². The predicted molar refractivity (Wildman–Crippen MR) is 114 cm³/mol. The molecule has 3 rings (SSSR count). The van der Waals surface area contributed by atoms with Crippen LogP contribution in [0.3, 0.4) is 0 Å². The van der Waals surface area contributed by atoms with Gasteiger partial charge in [0.25, 0.3) is 17.1 Å². The number of carbonyl (C=O) groups excluding carboxylic acids is 4. The summed E-state index contributed by atoms with van der Waals surface area (Å²) in [5.74, 6) is -2.08. The molecule has 0 aromatic heterocycles. The summed E-state index contributed by atoms with van der Waals surface area (Å²) in [5, 5.41) is 1.70. The molecule has 1 aliphatic heterocycles. The summed E-state index contributed by atoms with van der Waals surface area (Å²) in [7, 11) is 0. The van der Waals surface area contributed by atoms with Crippen molar-refractivity contribution in [2.75, 3.05) is 18.5 Å². The van der Waals surface area contributed by atoms with E-state index < -0.39 is 35.3 Å². The first kappa shape index (κ1) is 22.3. The van der Waals surface area contributed by atoms with Crippen LogP contribution < -0.4 is 15.8 Å². The SMILES string of the molecule is NC(=O)COc1ccc(/C=C2\SC(=O)N(CC(=O)Nc3ccc(F)c(Cl)c3)C2=O)cc1. The molecule has 0 bridgehead atoms. The minimum absolute atomic E-state index is 0.147. The molecular formula is C20H15ClFN3O5S. The molecule has 0 aliphatic carbocycles. The van der Waals surface area contributed by atoms with Gasteiger partial charge < -0.3 is 15.8 Å². The van der Waals surface area contributed by atoms with E-state index in [1.165, 1.54) is 18.2 Å². The zero-order chi connectivity index (χ0) is 22.5. The number of halogens is 2. The lowest BCUT2D eigenvalue weighted by atomic mass is 10.2. The first-order chi connectivity index (χ1) is 14.7. The number of nitrogens with one attached hydrogen (secondary N) is 1. The van der Waals surface area contributed by atoms with Crippen LogP contribution >= 0.6 is 23.4 Å². The van der Waals surface area contributed by atoms with Crippen LogP contribution in [0.25, 0.3) is 6.08 Å². The van der Waals surface area contributed by atoms with Gasteiger partial charge in [0.2, 0.25) is 5.91 Å². The van der Waals surface area contributed by atoms with E-state index in [0.717, 1.165) is 11.0 Å². The number of nitrogens with two attached hydrogens (primary N) is 1. The highest BCUT2D eigenvalue weighted by Gasteiger charge is 2.36. The second-order valence-corrected chi connectivity index (χ2v) is 7.67. The third-order valence-corrected chi connectivity index (χ3v) is 5.13. The van der Waals surface area contributed by atoms with Crippen LogP contribution in [0.2, 0.25) is 5.02 Å². The van der Waals surface area contributed by atoms with Crippen LogP contribution in [0, 0.1) is 5.82 Å². The van der Waals surface area contributed by atoms with Crippen molar-refractivity contribution < 1.29 is 28.3 Å². The molecule has 1 fully saturated rings. The van der Waals surface area contributed by atoms with Crippen molar-refractivity contribution in [3.63, 3.8) is 0 Å². The fourth-order valence-electron chi connectivity index (χ4n) is 2.52. The standard InChI is InChI=1S/C20H15ClFN3O5S/c21-14-8-12(3-6-15(14)22)24-18(27)9-25-19(28)16(31-20(25)29)7-11-1-4-13(5-2-11)30-10-17(23)26/h1-8H,9-10H2,(H2,23,26)(H,24,27)/b16-7-. The summed E-state index contributed by atoms with van der Waals surface area (Å²) < 4.78 is 18.4. The molecule has 160 valence electrons. The molecule has 31 heavy (non-hydrogen) atoms.